The Morgan fingerprint density at radius 1 is 1.19 bits per heavy atom. The number of morpholine rings is 1. The van der Waals surface area contributed by atoms with E-state index in [1.54, 1.807) is 0 Å². The maximum absolute atomic E-state index is 11.7. The first-order valence-electron chi connectivity index (χ1n) is 6.46. The Bertz CT molecular complexity index is 272. The first kappa shape index (κ1) is 10.5. The normalized spacial score (nSPS) is 33.1. The van der Waals surface area contributed by atoms with Gasteiger partial charge in [0.2, 0.25) is 5.91 Å². The van der Waals surface area contributed by atoms with Crippen LogP contribution >= 0.6 is 0 Å². The molecule has 3 aliphatic rings. The van der Waals surface area contributed by atoms with Crippen LogP contribution in [-0.2, 0) is 9.53 Å². The van der Waals surface area contributed by atoms with Gasteiger partial charge in [0.15, 0.2) is 0 Å². The fraction of sp³-hybridized carbons (Fsp3) is 0.917. The molecule has 1 saturated carbocycles. The third-order valence-electron chi connectivity index (χ3n) is 4.02. The van der Waals surface area contributed by atoms with Gasteiger partial charge in [-0.25, -0.2) is 0 Å². The highest BCUT2D eigenvalue weighted by Crippen LogP contribution is 2.31. The van der Waals surface area contributed by atoms with Crippen molar-refractivity contribution in [2.75, 3.05) is 26.2 Å². The van der Waals surface area contributed by atoms with Gasteiger partial charge in [0.1, 0.15) is 6.61 Å². The van der Waals surface area contributed by atoms with Crippen molar-refractivity contribution < 1.29 is 9.53 Å². The molecule has 0 radical (unpaired) electrons. The summed E-state index contributed by atoms with van der Waals surface area (Å²) in [7, 11) is 0. The summed E-state index contributed by atoms with van der Waals surface area (Å²) in [6.45, 7) is 3.35. The maximum atomic E-state index is 11.7. The van der Waals surface area contributed by atoms with Gasteiger partial charge in [0, 0.05) is 12.6 Å². The molecule has 0 spiro atoms. The highest BCUT2D eigenvalue weighted by molar-refractivity contribution is 5.78. The van der Waals surface area contributed by atoms with Crippen LogP contribution < -0.4 is 5.32 Å². The number of hydrogen-bond donors (Lipinski definition) is 1. The summed E-state index contributed by atoms with van der Waals surface area (Å²) >= 11 is 0. The molecule has 1 amide bonds. The number of nitrogens with one attached hydrogen (secondary N) is 1. The second-order valence-electron chi connectivity index (χ2n) is 5.21. The van der Waals surface area contributed by atoms with Gasteiger partial charge in [-0.05, 0) is 44.7 Å². The van der Waals surface area contributed by atoms with Gasteiger partial charge >= 0.3 is 0 Å². The molecule has 4 nitrogen and oxygen atoms in total. The number of ether oxygens (including phenoxy) is 1. The monoisotopic (exact) mass is 224 g/mol. The number of amides is 1. The molecule has 2 heterocycles. The third-order valence-corrected chi connectivity index (χ3v) is 4.02. The number of piperidine rings is 1. The topological polar surface area (TPSA) is 41.6 Å². The summed E-state index contributed by atoms with van der Waals surface area (Å²) in [6.07, 6.45) is 5.07. The van der Waals surface area contributed by atoms with Crippen molar-refractivity contribution in [3.63, 3.8) is 0 Å². The maximum Gasteiger partial charge on any atom is 0.248 e. The molecule has 0 aromatic carbocycles. The Morgan fingerprint density at radius 2 is 1.94 bits per heavy atom. The minimum absolute atomic E-state index is 0.202. The van der Waals surface area contributed by atoms with Gasteiger partial charge < -0.3 is 15.0 Å². The molecule has 1 unspecified atom stereocenters. The van der Waals surface area contributed by atoms with Gasteiger partial charge in [-0.1, -0.05) is 0 Å². The molecular formula is C12H20N2O2. The lowest BCUT2D eigenvalue weighted by atomic mass is 9.91. The van der Waals surface area contributed by atoms with Crippen LogP contribution in [0.4, 0.5) is 0 Å². The van der Waals surface area contributed by atoms with Crippen molar-refractivity contribution in [1.29, 1.82) is 0 Å². The van der Waals surface area contributed by atoms with E-state index in [1.807, 2.05) is 0 Å². The Hall–Kier alpha value is -0.610. The average molecular weight is 224 g/mol. The Morgan fingerprint density at radius 3 is 2.62 bits per heavy atom. The summed E-state index contributed by atoms with van der Waals surface area (Å²) in [4.78, 5) is 13.8. The van der Waals surface area contributed by atoms with Crippen LogP contribution in [-0.4, -0.2) is 49.2 Å². The number of carbonyl (C=O) groups is 1. The van der Waals surface area contributed by atoms with Crippen molar-refractivity contribution in [3.8, 4) is 0 Å². The van der Waals surface area contributed by atoms with Crippen LogP contribution in [0.15, 0.2) is 0 Å². The molecule has 2 aliphatic heterocycles. The zero-order chi connectivity index (χ0) is 11.0. The molecular weight excluding hydrogens is 204 g/mol. The van der Waals surface area contributed by atoms with Gasteiger partial charge in [-0.2, -0.15) is 0 Å². The summed E-state index contributed by atoms with van der Waals surface area (Å²) in [6, 6.07) is 0.542. The van der Waals surface area contributed by atoms with Gasteiger partial charge in [-0.3, -0.25) is 4.79 Å². The minimum atomic E-state index is 0.202. The van der Waals surface area contributed by atoms with Crippen LogP contribution in [0, 0.1) is 5.92 Å². The van der Waals surface area contributed by atoms with E-state index in [9.17, 15) is 4.79 Å². The van der Waals surface area contributed by atoms with E-state index in [4.69, 9.17) is 4.74 Å². The molecule has 1 aliphatic carbocycles. The number of hydrogen-bond acceptors (Lipinski definition) is 3. The highest BCUT2D eigenvalue weighted by atomic mass is 16.5. The largest absolute Gasteiger partial charge is 0.366 e. The number of nitrogens with zero attached hydrogens (tertiary/aromatic N) is 1. The van der Waals surface area contributed by atoms with Crippen molar-refractivity contribution >= 4 is 5.91 Å². The Kier molecular flexibility index (Phi) is 2.86. The summed E-state index contributed by atoms with van der Waals surface area (Å²) in [5.74, 6) is 0.850. The lowest BCUT2D eigenvalue weighted by molar-refractivity contribution is -0.153. The molecule has 1 N–H and O–H groups in total. The fourth-order valence-corrected chi connectivity index (χ4v) is 2.85. The van der Waals surface area contributed by atoms with E-state index in [2.05, 4.69) is 10.2 Å². The second-order valence-corrected chi connectivity index (χ2v) is 5.21. The van der Waals surface area contributed by atoms with Crippen molar-refractivity contribution in [1.82, 2.24) is 10.2 Å². The van der Waals surface area contributed by atoms with Crippen LogP contribution in [0.25, 0.3) is 0 Å². The molecule has 3 rings (SSSR count). The first-order valence-corrected chi connectivity index (χ1v) is 6.46. The van der Waals surface area contributed by atoms with Crippen molar-refractivity contribution in [2.45, 2.75) is 37.8 Å². The zero-order valence-electron chi connectivity index (χ0n) is 9.65. The highest BCUT2D eigenvalue weighted by Gasteiger charge is 2.39. The molecule has 0 aromatic rings. The van der Waals surface area contributed by atoms with E-state index >= 15 is 0 Å². The fourth-order valence-electron chi connectivity index (χ4n) is 2.85. The SMILES string of the molecule is O=C1COC(C2CCNCC2)CN1C1CC1. The van der Waals surface area contributed by atoms with Crippen LogP contribution in [0.5, 0.6) is 0 Å². The zero-order valence-corrected chi connectivity index (χ0v) is 9.65. The third kappa shape index (κ3) is 2.09. The summed E-state index contributed by atoms with van der Waals surface area (Å²) in [5, 5.41) is 3.37. The molecule has 0 bridgehead atoms. The second kappa shape index (κ2) is 4.34. The van der Waals surface area contributed by atoms with E-state index in [0.29, 0.717) is 24.7 Å². The predicted octanol–water partition coefficient (Wildman–Crippen LogP) is 0.376. The Balaban J connectivity index is 1.61. The summed E-state index contributed by atoms with van der Waals surface area (Å²) in [5.41, 5.74) is 0. The lowest BCUT2D eigenvalue weighted by Gasteiger charge is -2.38. The minimum Gasteiger partial charge on any atom is -0.366 e. The molecule has 90 valence electrons. The predicted molar refractivity (Wildman–Crippen MR) is 60.1 cm³/mol. The van der Waals surface area contributed by atoms with Gasteiger partial charge in [0.05, 0.1) is 6.10 Å². The molecule has 16 heavy (non-hydrogen) atoms. The Labute approximate surface area is 96.3 Å². The first-order chi connectivity index (χ1) is 7.84. The van der Waals surface area contributed by atoms with Crippen molar-refractivity contribution in [2.24, 2.45) is 5.92 Å². The van der Waals surface area contributed by atoms with E-state index in [-0.39, 0.29) is 5.91 Å². The smallest absolute Gasteiger partial charge is 0.248 e. The molecule has 2 saturated heterocycles. The van der Waals surface area contributed by atoms with Gasteiger partial charge in [0.25, 0.3) is 0 Å². The standard InChI is InChI=1S/C12H20N2O2/c15-12-8-16-11(7-14(12)10-1-2-10)9-3-5-13-6-4-9/h9-11,13H,1-8H2. The molecule has 3 fully saturated rings. The van der Waals surface area contributed by atoms with E-state index in [1.165, 1.54) is 25.7 Å². The van der Waals surface area contributed by atoms with E-state index in [0.717, 1.165) is 19.6 Å². The van der Waals surface area contributed by atoms with E-state index < -0.39 is 0 Å². The molecule has 4 heteroatoms. The van der Waals surface area contributed by atoms with Gasteiger partial charge in [-0.15, -0.1) is 0 Å². The average Bonchev–Trinajstić information content (AvgIpc) is 3.15. The van der Waals surface area contributed by atoms with Crippen LogP contribution in [0.3, 0.4) is 0 Å². The summed E-state index contributed by atoms with van der Waals surface area (Å²) < 4.78 is 5.72. The number of rotatable bonds is 2. The van der Waals surface area contributed by atoms with Crippen LogP contribution in [0.2, 0.25) is 0 Å². The number of carbonyl (C=O) groups excluding carboxylic acids is 1. The molecule has 0 aromatic heterocycles. The lowest BCUT2D eigenvalue weighted by Crippen LogP contribution is -2.51. The quantitative estimate of drug-likeness (QED) is 0.737. The van der Waals surface area contributed by atoms with Crippen LogP contribution in [0.1, 0.15) is 25.7 Å². The van der Waals surface area contributed by atoms with Crippen molar-refractivity contribution in [3.05, 3.63) is 0 Å². The molecule has 1 atom stereocenters.